The molecule has 1 amide bonds. The molecule has 2 aliphatic heterocycles. The molecule has 2 saturated heterocycles. The average molecular weight is 664 g/mol. The monoisotopic (exact) mass is 663 g/mol. The van der Waals surface area contributed by atoms with Gasteiger partial charge in [0.1, 0.15) is 29.5 Å². The van der Waals surface area contributed by atoms with Gasteiger partial charge in [-0.15, -0.1) is 0 Å². The minimum Gasteiger partial charge on any atom is -0.491 e. The molecule has 2 fully saturated rings. The fourth-order valence-corrected chi connectivity index (χ4v) is 7.91. The molecule has 2 atom stereocenters. The molecule has 0 aliphatic carbocycles. The van der Waals surface area contributed by atoms with E-state index in [1.165, 1.54) is 28.7 Å². The number of aliphatic hydroxyl groups excluding tert-OH is 1. The van der Waals surface area contributed by atoms with Gasteiger partial charge in [0, 0.05) is 43.9 Å². The number of carbonyl (C=O) groups is 1. The third-order valence-corrected chi connectivity index (χ3v) is 11.2. The lowest BCUT2D eigenvalue weighted by atomic mass is 9.89. The van der Waals surface area contributed by atoms with Gasteiger partial charge < -0.3 is 29.2 Å². The number of sulfonamides is 1. The number of pyridine rings is 1. The van der Waals surface area contributed by atoms with Crippen molar-refractivity contribution in [1.29, 1.82) is 0 Å². The van der Waals surface area contributed by atoms with Crippen LogP contribution in [0.1, 0.15) is 26.2 Å². The van der Waals surface area contributed by atoms with E-state index >= 15 is 0 Å². The second-order valence-electron chi connectivity index (χ2n) is 11.3. The van der Waals surface area contributed by atoms with E-state index in [9.17, 15) is 31.5 Å². The van der Waals surface area contributed by atoms with Crippen LogP contribution in [0.15, 0.2) is 69.3 Å². The number of hydrogen-bond acceptors (Lipinski definition) is 10. The molecule has 2 aliphatic rings. The van der Waals surface area contributed by atoms with Crippen LogP contribution in [-0.4, -0.2) is 93.8 Å². The predicted molar refractivity (Wildman–Crippen MR) is 165 cm³/mol. The van der Waals surface area contributed by atoms with E-state index in [-0.39, 0.29) is 48.4 Å². The van der Waals surface area contributed by atoms with Crippen LogP contribution < -0.4 is 15.5 Å². The summed E-state index contributed by atoms with van der Waals surface area (Å²) in [6.45, 7) is 2.49. The van der Waals surface area contributed by atoms with E-state index in [4.69, 9.17) is 14.2 Å². The van der Waals surface area contributed by atoms with Gasteiger partial charge in [0.25, 0.3) is 0 Å². The van der Waals surface area contributed by atoms with Crippen LogP contribution in [0.5, 0.6) is 5.75 Å². The first-order valence-electron chi connectivity index (χ1n) is 14.6. The average Bonchev–Trinajstić information content (AvgIpc) is 3.40. The summed E-state index contributed by atoms with van der Waals surface area (Å²) in [4.78, 5) is 25.4. The summed E-state index contributed by atoms with van der Waals surface area (Å²) < 4.78 is 70.6. The van der Waals surface area contributed by atoms with Gasteiger partial charge in [0.05, 0.1) is 29.2 Å². The maximum absolute atomic E-state index is 13.6. The number of alkyl carbamates (subject to hydrolysis) is 1. The first-order chi connectivity index (χ1) is 21.3. The Balaban J connectivity index is 1.10. The van der Waals surface area contributed by atoms with Crippen LogP contribution in [0.25, 0.3) is 10.9 Å². The number of carbonyl (C=O) groups excluding carboxylic acids is 1. The van der Waals surface area contributed by atoms with Gasteiger partial charge in [-0.3, -0.25) is 4.79 Å². The Hall–Kier alpha value is -3.50. The van der Waals surface area contributed by atoms with Crippen LogP contribution in [0.2, 0.25) is 0 Å². The van der Waals surface area contributed by atoms with Crippen LogP contribution >= 0.6 is 0 Å². The molecular formula is C30H37N3O10S2. The number of aromatic nitrogens is 1. The van der Waals surface area contributed by atoms with Gasteiger partial charge in [0.2, 0.25) is 15.5 Å². The third kappa shape index (κ3) is 7.33. The summed E-state index contributed by atoms with van der Waals surface area (Å²) in [6, 6.07) is 12.8. The highest BCUT2D eigenvalue weighted by molar-refractivity contribution is 7.90. The van der Waals surface area contributed by atoms with Gasteiger partial charge >= 0.3 is 6.09 Å². The van der Waals surface area contributed by atoms with Gasteiger partial charge in [0.15, 0.2) is 9.84 Å². The Morgan fingerprint density at radius 3 is 2.58 bits per heavy atom. The second kappa shape index (κ2) is 13.1. The standard InChI is InChI=1S/C30H37N3O10S2/c1-3-32-18-27(28(35)25-9-4-5-10-26(25)32)45(39,40)33-13-11-30(12-14-33)16-23(20-42-30)43-29(36)31-17-21(34)19-41-22-7-6-8-24(15-22)44(2,37)38/h4-10,15,18,21,23,34H,3,11-14,16-17,19-20H2,1-2H3,(H,31,36)/t21?,23-/m0/s1. The number of para-hydroxylation sites is 1. The Bertz CT molecular complexity index is 1830. The first kappa shape index (κ1) is 32.9. The fraction of sp³-hybridized carbons (Fsp3) is 0.467. The number of sulfone groups is 1. The van der Waals surface area contributed by atoms with Crippen molar-refractivity contribution in [3.63, 3.8) is 0 Å². The van der Waals surface area contributed by atoms with E-state index < -0.39 is 49.2 Å². The molecule has 2 aromatic carbocycles. The molecule has 0 radical (unpaired) electrons. The molecule has 1 aromatic heterocycles. The van der Waals surface area contributed by atoms with Crippen molar-refractivity contribution < 1.29 is 40.9 Å². The zero-order valence-electron chi connectivity index (χ0n) is 25.0. The quantitative estimate of drug-likeness (QED) is 0.327. The van der Waals surface area contributed by atoms with Crippen LogP contribution in [0.4, 0.5) is 4.79 Å². The van der Waals surface area contributed by atoms with Gasteiger partial charge in [-0.2, -0.15) is 4.31 Å². The number of aliphatic hydroxyl groups is 1. The zero-order valence-corrected chi connectivity index (χ0v) is 26.7. The van der Waals surface area contributed by atoms with Crippen molar-refractivity contribution in [2.24, 2.45) is 0 Å². The third-order valence-electron chi connectivity index (χ3n) is 8.15. The number of ether oxygens (including phenoxy) is 3. The van der Waals surface area contributed by atoms with Crippen molar-refractivity contribution in [3.05, 3.63) is 65.0 Å². The molecule has 0 saturated carbocycles. The summed E-state index contributed by atoms with van der Waals surface area (Å²) in [6.07, 6.45) is 1.24. The van der Waals surface area contributed by atoms with Crippen molar-refractivity contribution >= 4 is 36.9 Å². The number of benzene rings is 2. The van der Waals surface area contributed by atoms with Crippen LogP contribution in [-0.2, 0) is 35.9 Å². The SMILES string of the molecule is CCn1cc(S(=O)(=O)N2CCC3(CC2)C[C@H](OC(=O)NCC(O)COc2cccc(S(C)(=O)=O)c2)CO3)c(=O)c2ccccc21. The fourth-order valence-electron chi connectivity index (χ4n) is 5.70. The normalized spacial score (nSPS) is 19.4. The highest BCUT2D eigenvalue weighted by atomic mass is 32.2. The molecule has 1 spiro atoms. The number of hydrogen-bond donors (Lipinski definition) is 2. The molecule has 13 nitrogen and oxygen atoms in total. The molecule has 5 rings (SSSR count). The molecule has 244 valence electrons. The highest BCUT2D eigenvalue weighted by Crippen LogP contribution is 2.38. The minimum atomic E-state index is -4.05. The maximum atomic E-state index is 13.6. The molecule has 15 heteroatoms. The lowest BCUT2D eigenvalue weighted by Gasteiger charge is -2.37. The van der Waals surface area contributed by atoms with Gasteiger partial charge in [-0.25, -0.2) is 21.6 Å². The molecule has 3 heterocycles. The second-order valence-corrected chi connectivity index (χ2v) is 15.3. The summed E-state index contributed by atoms with van der Waals surface area (Å²) in [5, 5.41) is 13.0. The molecule has 0 bridgehead atoms. The number of amides is 1. The minimum absolute atomic E-state index is 0.0891. The predicted octanol–water partition coefficient (Wildman–Crippen LogP) is 1.90. The summed E-state index contributed by atoms with van der Waals surface area (Å²) >= 11 is 0. The summed E-state index contributed by atoms with van der Waals surface area (Å²) in [5.74, 6) is 0.266. The topological polar surface area (TPSA) is 171 Å². The maximum Gasteiger partial charge on any atom is 0.407 e. The van der Waals surface area contributed by atoms with Crippen molar-refractivity contribution in [2.45, 2.75) is 60.3 Å². The highest BCUT2D eigenvalue weighted by Gasteiger charge is 2.46. The number of nitrogens with one attached hydrogen (secondary N) is 1. The molecule has 2 N–H and O–H groups in total. The van der Waals surface area contributed by atoms with Crippen LogP contribution in [0, 0.1) is 0 Å². The summed E-state index contributed by atoms with van der Waals surface area (Å²) in [5.41, 5.74) is -0.501. The summed E-state index contributed by atoms with van der Waals surface area (Å²) in [7, 11) is -7.46. The van der Waals surface area contributed by atoms with Crippen molar-refractivity contribution in [2.75, 3.05) is 39.1 Å². The molecule has 3 aromatic rings. The number of piperidine rings is 1. The van der Waals surface area contributed by atoms with Crippen molar-refractivity contribution in [3.8, 4) is 5.75 Å². The van der Waals surface area contributed by atoms with Crippen molar-refractivity contribution in [1.82, 2.24) is 14.2 Å². The Morgan fingerprint density at radius 2 is 1.87 bits per heavy atom. The Kier molecular flexibility index (Phi) is 9.56. The zero-order chi connectivity index (χ0) is 32.4. The molecular weight excluding hydrogens is 626 g/mol. The lowest BCUT2D eigenvalue weighted by molar-refractivity contribution is -0.0325. The van der Waals surface area contributed by atoms with Crippen LogP contribution in [0.3, 0.4) is 0 Å². The largest absolute Gasteiger partial charge is 0.491 e. The van der Waals surface area contributed by atoms with E-state index in [0.29, 0.717) is 36.7 Å². The first-order valence-corrected chi connectivity index (χ1v) is 18.0. The van der Waals surface area contributed by atoms with Gasteiger partial charge in [-0.1, -0.05) is 18.2 Å². The van der Waals surface area contributed by atoms with E-state index in [0.717, 1.165) is 6.26 Å². The Morgan fingerprint density at radius 1 is 1.13 bits per heavy atom. The van der Waals surface area contributed by atoms with E-state index in [2.05, 4.69) is 5.32 Å². The Labute approximate surface area is 261 Å². The number of aryl methyl sites for hydroxylation is 1. The number of nitrogens with zero attached hydrogens (tertiary/aromatic N) is 2. The molecule has 45 heavy (non-hydrogen) atoms. The number of rotatable bonds is 10. The van der Waals surface area contributed by atoms with Gasteiger partial charge in [-0.05, 0) is 50.1 Å². The smallest absolute Gasteiger partial charge is 0.407 e. The van der Waals surface area contributed by atoms with E-state index in [1.807, 2.05) is 6.92 Å². The number of fused-ring (bicyclic) bond motifs is 1. The molecule has 1 unspecified atom stereocenters. The van der Waals surface area contributed by atoms with E-state index in [1.54, 1.807) is 34.9 Å². The lowest BCUT2D eigenvalue weighted by Crippen LogP contribution is -2.47.